The molecular weight excluding hydrogens is 214 g/mol. The number of amidine groups is 1. The number of nitrogens with zero attached hydrogens (tertiary/aromatic N) is 1. The molecule has 0 aromatic rings. The molecule has 0 unspecified atom stereocenters. The molecule has 0 bridgehead atoms. The van der Waals surface area contributed by atoms with E-state index in [1.807, 2.05) is 0 Å². The van der Waals surface area contributed by atoms with Gasteiger partial charge in [-0.05, 0) is 12.8 Å². The molecule has 0 aromatic heterocycles. The molecule has 1 heterocycles. The lowest BCUT2D eigenvalue weighted by atomic mass is 10.1. The highest BCUT2D eigenvalue weighted by Crippen LogP contribution is 2.13. The maximum Gasteiger partial charge on any atom is 0.425 e. The van der Waals surface area contributed by atoms with E-state index in [1.165, 1.54) is 14.2 Å². The number of nitrogens with one attached hydrogen (secondary N) is 2. The molecule has 0 radical (unpaired) electrons. The third-order valence-electron chi connectivity index (χ3n) is 2.17. The molecule has 0 saturated carbocycles. The third kappa shape index (κ3) is 3.41. The van der Waals surface area contributed by atoms with Crippen LogP contribution in [0.15, 0.2) is 4.99 Å². The SMILES string of the molecule is COC(=O)NNC1=N[C@H](C(=O)OC)CCC1. The van der Waals surface area contributed by atoms with Crippen molar-refractivity contribution in [2.75, 3.05) is 14.2 Å². The van der Waals surface area contributed by atoms with Crippen molar-refractivity contribution in [2.24, 2.45) is 4.99 Å². The van der Waals surface area contributed by atoms with Gasteiger partial charge >= 0.3 is 12.1 Å². The Bertz CT molecular complexity index is 303. The van der Waals surface area contributed by atoms with Crippen molar-refractivity contribution in [3.63, 3.8) is 0 Å². The topological polar surface area (TPSA) is 89.0 Å². The number of rotatable bonds is 1. The van der Waals surface area contributed by atoms with E-state index < -0.39 is 12.1 Å². The van der Waals surface area contributed by atoms with Crippen molar-refractivity contribution >= 4 is 17.9 Å². The molecule has 0 aromatic carbocycles. The molecular formula is C9H15N3O4. The van der Waals surface area contributed by atoms with Crippen LogP contribution in [0.4, 0.5) is 4.79 Å². The summed E-state index contributed by atoms with van der Waals surface area (Å²) in [6, 6.07) is -0.485. The smallest absolute Gasteiger partial charge is 0.425 e. The number of hydrogen-bond donors (Lipinski definition) is 2. The number of aliphatic imine (C=N–C) groups is 1. The van der Waals surface area contributed by atoms with Crippen LogP contribution in [0.25, 0.3) is 0 Å². The molecule has 16 heavy (non-hydrogen) atoms. The molecule has 90 valence electrons. The van der Waals surface area contributed by atoms with Crippen LogP contribution < -0.4 is 10.9 Å². The number of amides is 1. The average Bonchev–Trinajstić information content (AvgIpc) is 2.35. The number of esters is 1. The molecule has 0 spiro atoms. The van der Waals surface area contributed by atoms with Crippen molar-refractivity contribution in [3.8, 4) is 0 Å². The summed E-state index contributed by atoms with van der Waals surface area (Å²) in [4.78, 5) is 26.1. The van der Waals surface area contributed by atoms with Crippen LogP contribution in [0.2, 0.25) is 0 Å². The maximum absolute atomic E-state index is 11.2. The van der Waals surface area contributed by atoms with E-state index in [4.69, 9.17) is 0 Å². The fourth-order valence-electron chi connectivity index (χ4n) is 1.36. The Morgan fingerprint density at radius 2 is 2.12 bits per heavy atom. The Labute approximate surface area is 93.2 Å². The Morgan fingerprint density at radius 3 is 2.75 bits per heavy atom. The van der Waals surface area contributed by atoms with E-state index in [0.717, 1.165) is 6.42 Å². The normalized spacial score (nSPS) is 19.4. The fraction of sp³-hybridized carbons (Fsp3) is 0.667. The predicted molar refractivity (Wildman–Crippen MR) is 55.8 cm³/mol. The van der Waals surface area contributed by atoms with Crippen LogP contribution in [0.1, 0.15) is 19.3 Å². The first-order chi connectivity index (χ1) is 7.67. The second-order valence-electron chi connectivity index (χ2n) is 3.25. The van der Waals surface area contributed by atoms with E-state index in [1.54, 1.807) is 0 Å². The molecule has 1 aliphatic rings. The van der Waals surface area contributed by atoms with Gasteiger partial charge in [0.05, 0.1) is 14.2 Å². The monoisotopic (exact) mass is 229 g/mol. The van der Waals surface area contributed by atoms with E-state index in [9.17, 15) is 9.59 Å². The van der Waals surface area contributed by atoms with E-state index in [0.29, 0.717) is 18.7 Å². The van der Waals surface area contributed by atoms with Gasteiger partial charge in [0.2, 0.25) is 0 Å². The highest BCUT2D eigenvalue weighted by Gasteiger charge is 2.22. The van der Waals surface area contributed by atoms with Crippen molar-refractivity contribution in [2.45, 2.75) is 25.3 Å². The molecule has 0 aliphatic carbocycles. The lowest BCUT2D eigenvalue weighted by Gasteiger charge is -2.19. The number of carbonyl (C=O) groups excluding carboxylic acids is 2. The second-order valence-corrected chi connectivity index (χ2v) is 3.25. The minimum Gasteiger partial charge on any atom is -0.467 e. The number of hydrogen-bond acceptors (Lipinski definition) is 6. The Hall–Kier alpha value is -1.79. The van der Waals surface area contributed by atoms with Crippen LogP contribution in [-0.4, -0.2) is 38.2 Å². The van der Waals surface area contributed by atoms with Crippen LogP contribution in [0.3, 0.4) is 0 Å². The van der Waals surface area contributed by atoms with Crippen LogP contribution in [0.5, 0.6) is 0 Å². The highest BCUT2D eigenvalue weighted by molar-refractivity contribution is 5.88. The minimum atomic E-state index is -0.608. The molecule has 1 aliphatic heterocycles. The van der Waals surface area contributed by atoms with Gasteiger partial charge in [-0.2, -0.15) is 0 Å². The Kier molecular flexibility index (Phi) is 4.56. The number of ether oxygens (including phenoxy) is 2. The first kappa shape index (κ1) is 12.3. The summed E-state index contributed by atoms with van der Waals surface area (Å²) in [6.45, 7) is 0. The zero-order chi connectivity index (χ0) is 12.0. The van der Waals surface area contributed by atoms with Gasteiger partial charge in [0.15, 0.2) is 0 Å². The molecule has 2 N–H and O–H groups in total. The lowest BCUT2D eigenvalue weighted by molar-refractivity contribution is -0.142. The summed E-state index contributed by atoms with van der Waals surface area (Å²) in [6.07, 6.45) is 1.55. The predicted octanol–water partition coefficient (Wildman–Crippen LogP) is -0.0290. The summed E-state index contributed by atoms with van der Waals surface area (Å²) in [5.74, 6) is 0.184. The van der Waals surface area contributed by atoms with E-state index in [-0.39, 0.29) is 5.97 Å². The minimum absolute atomic E-state index is 0.364. The Balaban J connectivity index is 2.49. The van der Waals surface area contributed by atoms with Gasteiger partial charge in [0, 0.05) is 6.42 Å². The van der Waals surface area contributed by atoms with Crippen LogP contribution in [-0.2, 0) is 14.3 Å². The third-order valence-corrected chi connectivity index (χ3v) is 2.17. The highest BCUT2D eigenvalue weighted by atomic mass is 16.5. The summed E-state index contributed by atoms with van der Waals surface area (Å²) in [5, 5.41) is 0. The summed E-state index contributed by atoms with van der Waals surface area (Å²) >= 11 is 0. The van der Waals surface area contributed by atoms with Crippen molar-refractivity contribution < 1.29 is 19.1 Å². The van der Waals surface area contributed by atoms with Gasteiger partial charge < -0.3 is 9.47 Å². The summed E-state index contributed by atoms with van der Waals surface area (Å²) in [7, 11) is 2.59. The average molecular weight is 229 g/mol. The maximum atomic E-state index is 11.2. The quantitative estimate of drug-likeness (QED) is 0.487. The zero-order valence-electron chi connectivity index (χ0n) is 9.28. The molecule has 0 fully saturated rings. The van der Waals surface area contributed by atoms with Gasteiger partial charge in [-0.15, -0.1) is 0 Å². The van der Waals surface area contributed by atoms with Crippen LogP contribution >= 0.6 is 0 Å². The largest absolute Gasteiger partial charge is 0.467 e. The number of hydrazine groups is 1. The molecule has 1 rings (SSSR count). The molecule has 7 heteroatoms. The number of methoxy groups -OCH3 is 2. The van der Waals surface area contributed by atoms with Crippen molar-refractivity contribution in [3.05, 3.63) is 0 Å². The van der Waals surface area contributed by atoms with Gasteiger partial charge in [-0.3, -0.25) is 10.4 Å². The lowest BCUT2D eigenvalue weighted by Crippen LogP contribution is -2.43. The van der Waals surface area contributed by atoms with Gasteiger partial charge in [-0.25, -0.2) is 15.0 Å². The van der Waals surface area contributed by atoms with E-state index in [2.05, 4.69) is 25.3 Å². The summed E-state index contributed by atoms with van der Waals surface area (Å²) < 4.78 is 8.98. The van der Waals surface area contributed by atoms with Gasteiger partial charge in [-0.1, -0.05) is 0 Å². The molecule has 1 amide bonds. The molecule has 7 nitrogen and oxygen atoms in total. The van der Waals surface area contributed by atoms with Crippen molar-refractivity contribution in [1.29, 1.82) is 0 Å². The standard InChI is InChI=1S/C9H15N3O4/c1-15-8(13)6-4-3-5-7(10-6)11-12-9(14)16-2/h6H,3-5H2,1-2H3,(H,10,11)(H,12,14)/t6-/m0/s1. The Morgan fingerprint density at radius 1 is 1.38 bits per heavy atom. The van der Waals surface area contributed by atoms with Gasteiger partial charge in [0.1, 0.15) is 11.9 Å². The van der Waals surface area contributed by atoms with Crippen LogP contribution in [0, 0.1) is 0 Å². The second kappa shape index (κ2) is 5.94. The molecule has 1 atom stereocenters. The van der Waals surface area contributed by atoms with Crippen molar-refractivity contribution in [1.82, 2.24) is 10.9 Å². The van der Waals surface area contributed by atoms with Gasteiger partial charge in [0.25, 0.3) is 0 Å². The first-order valence-corrected chi connectivity index (χ1v) is 4.92. The zero-order valence-corrected chi connectivity index (χ0v) is 9.28. The number of carbonyl (C=O) groups is 2. The molecule has 0 saturated heterocycles. The first-order valence-electron chi connectivity index (χ1n) is 4.92. The van der Waals surface area contributed by atoms with E-state index >= 15 is 0 Å². The fourth-order valence-corrected chi connectivity index (χ4v) is 1.36. The summed E-state index contributed by atoms with van der Waals surface area (Å²) in [5.41, 5.74) is 4.88.